The molecule has 1 aliphatic rings. The van der Waals surface area contributed by atoms with E-state index in [-0.39, 0.29) is 5.91 Å². The van der Waals surface area contributed by atoms with Crippen molar-refractivity contribution in [2.45, 2.75) is 12.8 Å². The van der Waals surface area contributed by atoms with Gasteiger partial charge in [-0.05, 0) is 35.8 Å². The van der Waals surface area contributed by atoms with E-state index in [9.17, 15) is 4.79 Å². The fraction of sp³-hybridized carbons (Fsp3) is 0.182. The lowest BCUT2D eigenvalue weighted by Gasteiger charge is -2.26. The Labute approximate surface area is 156 Å². The number of H-pyrrole nitrogens is 2. The molecule has 134 valence electrons. The lowest BCUT2D eigenvalue weighted by Crippen LogP contribution is -2.35. The van der Waals surface area contributed by atoms with Gasteiger partial charge in [-0.15, -0.1) is 0 Å². The van der Waals surface area contributed by atoms with Crippen LogP contribution in [0, 0.1) is 0 Å². The molecule has 0 bridgehead atoms. The number of rotatable bonds is 3. The van der Waals surface area contributed by atoms with Gasteiger partial charge in [-0.3, -0.25) is 4.79 Å². The van der Waals surface area contributed by atoms with Crippen LogP contribution in [-0.4, -0.2) is 38.8 Å². The van der Waals surface area contributed by atoms with Crippen molar-refractivity contribution in [3.8, 4) is 0 Å². The zero-order chi connectivity index (χ0) is 18.2. The molecule has 5 rings (SSSR count). The lowest BCUT2D eigenvalue weighted by molar-refractivity contribution is -0.130. The Hall–Kier alpha value is -3.34. The number of fused-ring (bicyclic) bond motifs is 2. The van der Waals surface area contributed by atoms with Crippen LogP contribution in [0.4, 0.5) is 0 Å². The third-order valence-electron chi connectivity index (χ3n) is 5.38. The van der Waals surface area contributed by atoms with Gasteiger partial charge in [0.1, 0.15) is 5.65 Å². The van der Waals surface area contributed by atoms with Crippen molar-refractivity contribution in [2.75, 3.05) is 13.1 Å². The Bertz CT molecular complexity index is 1170. The second-order valence-electron chi connectivity index (χ2n) is 6.96. The molecule has 0 spiro atoms. The highest BCUT2D eigenvalue weighted by Gasteiger charge is 2.20. The Kier molecular flexibility index (Phi) is 3.78. The van der Waals surface area contributed by atoms with Gasteiger partial charge in [0.2, 0.25) is 5.91 Å². The molecule has 1 amide bonds. The van der Waals surface area contributed by atoms with E-state index in [1.54, 1.807) is 6.20 Å². The van der Waals surface area contributed by atoms with Crippen LogP contribution >= 0.6 is 0 Å². The van der Waals surface area contributed by atoms with E-state index in [1.165, 1.54) is 11.1 Å². The Morgan fingerprint density at radius 1 is 1.07 bits per heavy atom. The quantitative estimate of drug-likeness (QED) is 0.585. The number of hydrogen-bond acceptors (Lipinski definition) is 2. The maximum Gasteiger partial charge on any atom is 0.227 e. The van der Waals surface area contributed by atoms with E-state index >= 15 is 0 Å². The molecule has 2 N–H and O–H groups in total. The SMILES string of the molecule is O=C(Cc1c[nH]c2ccccc12)N1CC=C(c2c[nH]c3ncccc23)CC1. The summed E-state index contributed by atoms with van der Waals surface area (Å²) in [6.07, 6.45) is 9.24. The Morgan fingerprint density at radius 3 is 2.85 bits per heavy atom. The summed E-state index contributed by atoms with van der Waals surface area (Å²) in [6, 6.07) is 12.2. The van der Waals surface area contributed by atoms with Crippen LogP contribution in [0.3, 0.4) is 0 Å². The number of nitrogens with one attached hydrogen (secondary N) is 2. The van der Waals surface area contributed by atoms with E-state index in [1.807, 2.05) is 41.6 Å². The molecule has 0 aliphatic carbocycles. The van der Waals surface area contributed by atoms with Gasteiger partial charge in [-0.2, -0.15) is 0 Å². The number of carbonyl (C=O) groups excluding carboxylic acids is 1. The Morgan fingerprint density at radius 2 is 1.96 bits per heavy atom. The predicted molar refractivity (Wildman–Crippen MR) is 107 cm³/mol. The number of benzene rings is 1. The molecule has 0 saturated carbocycles. The number of nitrogens with zero attached hydrogens (tertiary/aromatic N) is 2. The predicted octanol–water partition coefficient (Wildman–Crippen LogP) is 3.90. The van der Waals surface area contributed by atoms with Crippen molar-refractivity contribution in [1.29, 1.82) is 0 Å². The number of pyridine rings is 1. The molecule has 27 heavy (non-hydrogen) atoms. The van der Waals surface area contributed by atoms with Gasteiger partial charge < -0.3 is 14.9 Å². The molecule has 4 heterocycles. The molecule has 5 heteroatoms. The number of para-hydroxylation sites is 1. The first kappa shape index (κ1) is 15.9. The molecule has 3 aromatic heterocycles. The molecule has 1 aromatic carbocycles. The van der Waals surface area contributed by atoms with Gasteiger partial charge in [-0.25, -0.2) is 4.98 Å². The zero-order valence-corrected chi connectivity index (χ0v) is 14.9. The summed E-state index contributed by atoms with van der Waals surface area (Å²) < 4.78 is 0. The maximum absolute atomic E-state index is 12.8. The van der Waals surface area contributed by atoms with Crippen LogP contribution < -0.4 is 0 Å². The average Bonchev–Trinajstić information content (AvgIpc) is 3.33. The Balaban J connectivity index is 1.33. The second kappa shape index (κ2) is 6.43. The van der Waals surface area contributed by atoms with E-state index in [2.05, 4.69) is 33.2 Å². The number of amides is 1. The molecule has 0 fully saturated rings. The first-order valence-corrected chi connectivity index (χ1v) is 9.24. The largest absolute Gasteiger partial charge is 0.361 e. The van der Waals surface area contributed by atoms with Gasteiger partial charge in [0.25, 0.3) is 0 Å². The minimum atomic E-state index is 0.177. The highest BCUT2D eigenvalue weighted by molar-refractivity contribution is 5.92. The average molecular weight is 356 g/mol. The first-order valence-electron chi connectivity index (χ1n) is 9.24. The maximum atomic E-state index is 12.8. The topological polar surface area (TPSA) is 64.8 Å². The summed E-state index contributed by atoms with van der Waals surface area (Å²) in [7, 11) is 0. The van der Waals surface area contributed by atoms with Crippen LogP contribution in [0.5, 0.6) is 0 Å². The third-order valence-corrected chi connectivity index (χ3v) is 5.38. The normalized spacial score (nSPS) is 14.7. The van der Waals surface area contributed by atoms with Gasteiger partial charge in [0.05, 0.1) is 6.42 Å². The van der Waals surface area contributed by atoms with Gasteiger partial charge in [0, 0.05) is 53.5 Å². The van der Waals surface area contributed by atoms with Crippen molar-refractivity contribution in [3.63, 3.8) is 0 Å². The summed E-state index contributed by atoms with van der Waals surface area (Å²) in [5.74, 6) is 0.177. The van der Waals surface area contributed by atoms with Gasteiger partial charge >= 0.3 is 0 Å². The number of hydrogen-bond donors (Lipinski definition) is 2. The van der Waals surface area contributed by atoms with E-state index in [0.717, 1.165) is 40.5 Å². The van der Waals surface area contributed by atoms with E-state index < -0.39 is 0 Å². The minimum absolute atomic E-state index is 0.177. The van der Waals surface area contributed by atoms with Crippen LogP contribution in [-0.2, 0) is 11.2 Å². The molecule has 0 radical (unpaired) electrons. The van der Waals surface area contributed by atoms with Crippen molar-refractivity contribution in [3.05, 3.63) is 72.2 Å². The third kappa shape index (κ3) is 2.81. The summed E-state index contributed by atoms with van der Waals surface area (Å²) >= 11 is 0. The number of aromatic nitrogens is 3. The molecular formula is C22H20N4O. The fourth-order valence-corrected chi connectivity index (χ4v) is 3.91. The van der Waals surface area contributed by atoms with Crippen LogP contribution in [0.25, 0.3) is 27.5 Å². The molecule has 0 atom stereocenters. The van der Waals surface area contributed by atoms with Gasteiger partial charge in [0.15, 0.2) is 0 Å². The molecule has 5 nitrogen and oxygen atoms in total. The smallest absolute Gasteiger partial charge is 0.227 e. The highest BCUT2D eigenvalue weighted by atomic mass is 16.2. The van der Waals surface area contributed by atoms with Crippen LogP contribution in [0.15, 0.2) is 61.1 Å². The second-order valence-corrected chi connectivity index (χ2v) is 6.96. The van der Waals surface area contributed by atoms with Crippen LogP contribution in [0.1, 0.15) is 17.5 Å². The lowest BCUT2D eigenvalue weighted by atomic mass is 9.99. The molecule has 0 saturated heterocycles. The minimum Gasteiger partial charge on any atom is -0.361 e. The zero-order valence-electron chi connectivity index (χ0n) is 14.9. The van der Waals surface area contributed by atoms with Crippen molar-refractivity contribution in [2.24, 2.45) is 0 Å². The van der Waals surface area contributed by atoms with Crippen molar-refractivity contribution < 1.29 is 4.79 Å². The van der Waals surface area contributed by atoms with Crippen LogP contribution in [0.2, 0.25) is 0 Å². The fourth-order valence-electron chi connectivity index (χ4n) is 3.91. The van der Waals surface area contributed by atoms with Gasteiger partial charge in [-0.1, -0.05) is 24.3 Å². The van der Waals surface area contributed by atoms with E-state index in [0.29, 0.717) is 13.0 Å². The summed E-state index contributed by atoms with van der Waals surface area (Å²) in [5, 5.41) is 2.27. The first-order chi connectivity index (χ1) is 13.3. The molecule has 1 aliphatic heterocycles. The number of carbonyl (C=O) groups is 1. The monoisotopic (exact) mass is 356 g/mol. The van der Waals surface area contributed by atoms with E-state index in [4.69, 9.17) is 0 Å². The summed E-state index contributed by atoms with van der Waals surface area (Å²) in [5.41, 5.74) is 5.53. The van der Waals surface area contributed by atoms with Crippen molar-refractivity contribution >= 4 is 33.4 Å². The molecular weight excluding hydrogens is 336 g/mol. The standard InChI is InChI=1S/C22H20N4O/c27-21(12-16-13-24-20-6-2-1-4-17(16)20)26-10-7-15(8-11-26)19-14-25-22-18(19)5-3-9-23-22/h1-7,9,13-14,24H,8,10-12H2,(H,23,25). The molecule has 0 unspecified atom stereocenters. The van der Waals surface area contributed by atoms with Crippen molar-refractivity contribution in [1.82, 2.24) is 19.9 Å². The highest BCUT2D eigenvalue weighted by Crippen LogP contribution is 2.28. The number of aromatic amines is 2. The summed E-state index contributed by atoms with van der Waals surface area (Å²) in [4.78, 5) is 25.6. The molecule has 4 aromatic rings. The summed E-state index contributed by atoms with van der Waals surface area (Å²) in [6.45, 7) is 1.41.